The molecule has 0 unspecified atom stereocenters. The van der Waals surface area contributed by atoms with Gasteiger partial charge in [0, 0.05) is 42.9 Å². The summed E-state index contributed by atoms with van der Waals surface area (Å²) in [5.74, 6) is -16.3. The third-order valence-electron chi connectivity index (χ3n) is 9.45. The Bertz CT molecular complexity index is 2460. The lowest BCUT2D eigenvalue weighted by atomic mass is 10.1. The Labute approximate surface area is 381 Å². The molecule has 9 N–H and O–H groups in total. The molecule has 0 radical (unpaired) electrons. The Kier molecular flexibility index (Phi) is 20.2. The van der Waals surface area contributed by atoms with Gasteiger partial charge in [0.25, 0.3) is 11.5 Å². The third-order valence-corrected chi connectivity index (χ3v) is 9.45. The van der Waals surface area contributed by atoms with E-state index in [1.165, 1.54) is 30.5 Å². The molecule has 0 fully saturated rings. The largest absolute Gasteiger partial charge is 0.550 e. The van der Waals surface area contributed by atoms with Crippen LogP contribution in [0.25, 0.3) is 11.2 Å². The summed E-state index contributed by atoms with van der Waals surface area (Å²) < 4.78 is 0. The van der Waals surface area contributed by atoms with Crippen LogP contribution in [0.2, 0.25) is 0 Å². The molecule has 68 heavy (non-hydrogen) atoms. The van der Waals surface area contributed by atoms with Crippen molar-refractivity contribution in [1.29, 1.82) is 0 Å². The van der Waals surface area contributed by atoms with Crippen LogP contribution < -0.4 is 73.8 Å². The number of nitrogens with zero attached hydrogens (tertiary/aromatic N) is 3. The number of nitrogens with one attached hydrogen (secondary N) is 7. The second kappa shape index (κ2) is 25.6. The molecule has 3 aromatic rings. The van der Waals surface area contributed by atoms with Crippen LogP contribution in [-0.2, 0) is 54.5 Å². The molecule has 29 heteroatoms. The molecule has 0 saturated heterocycles. The molecule has 0 aliphatic heterocycles. The zero-order valence-corrected chi connectivity index (χ0v) is 35.3. The van der Waals surface area contributed by atoms with Crippen molar-refractivity contribution in [1.82, 2.24) is 46.5 Å². The Hall–Kier alpha value is -8.79. The molecular weight excluding hydrogens is 910 g/mol. The van der Waals surface area contributed by atoms with E-state index in [9.17, 15) is 88.2 Å². The molecule has 3 rings (SSSR count). The van der Waals surface area contributed by atoms with Gasteiger partial charge in [-0.3, -0.25) is 33.8 Å². The first-order chi connectivity index (χ1) is 32.0. The lowest BCUT2D eigenvalue weighted by Gasteiger charge is -2.24. The van der Waals surface area contributed by atoms with Gasteiger partial charge in [-0.1, -0.05) is 0 Å². The monoisotopic (exact) mass is 951 g/mol. The zero-order chi connectivity index (χ0) is 50.7. The first kappa shape index (κ1) is 53.5. The van der Waals surface area contributed by atoms with Crippen LogP contribution >= 0.6 is 0 Å². The number of carbonyl (C=O) groups is 11. The first-order valence-electron chi connectivity index (χ1n) is 20.1. The second-order valence-electron chi connectivity index (χ2n) is 14.6. The highest BCUT2D eigenvalue weighted by Crippen LogP contribution is 2.13. The van der Waals surface area contributed by atoms with Crippen molar-refractivity contribution >= 4 is 88.2 Å². The van der Waals surface area contributed by atoms with Crippen molar-refractivity contribution in [2.75, 3.05) is 11.1 Å². The summed E-state index contributed by atoms with van der Waals surface area (Å²) >= 11 is 0. The zero-order valence-electron chi connectivity index (χ0n) is 35.3. The van der Waals surface area contributed by atoms with E-state index < -0.39 is 165 Å². The fourth-order valence-corrected chi connectivity index (χ4v) is 5.90. The van der Waals surface area contributed by atoms with Gasteiger partial charge in [-0.2, -0.15) is 4.98 Å². The number of nitrogen functional groups attached to an aromatic ring is 1. The van der Waals surface area contributed by atoms with Gasteiger partial charge < -0.3 is 97.0 Å². The van der Waals surface area contributed by atoms with E-state index >= 15 is 0 Å². The highest BCUT2D eigenvalue weighted by Gasteiger charge is 2.23. The van der Waals surface area contributed by atoms with E-state index in [1.807, 2.05) is 21.3 Å². The molecule has 0 saturated carbocycles. The molecule has 2 heterocycles. The van der Waals surface area contributed by atoms with Crippen LogP contribution in [0.3, 0.4) is 0 Å². The highest BCUT2D eigenvalue weighted by molar-refractivity contribution is 5.97. The van der Waals surface area contributed by atoms with E-state index in [1.54, 1.807) is 0 Å². The van der Waals surface area contributed by atoms with Crippen LogP contribution in [0.15, 0.2) is 35.3 Å². The number of anilines is 2. The molecule has 5 atom stereocenters. The van der Waals surface area contributed by atoms with Gasteiger partial charge in [-0.25, -0.2) is 9.97 Å². The maximum Gasteiger partial charge on any atom is 0.280 e. The normalized spacial score (nSPS) is 13.0. The Morgan fingerprint density at radius 2 is 0.926 bits per heavy atom. The summed E-state index contributed by atoms with van der Waals surface area (Å²) in [6.07, 6.45) is -5.51. The number of hydrogen-bond acceptors (Lipinski definition) is 23. The minimum Gasteiger partial charge on any atom is -0.550 e. The van der Waals surface area contributed by atoms with Gasteiger partial charge >= 0.3 is 0 Å². The first-order valence-corrected chi connectivity index (χ1v) is 20.1. The van der Waals surface area contributed by atoms with E-state index in [0.717, 1.165) is 0 Å². The van der Waals surface area contributed by atoms with E-state index in [-0.39, 0.29) is 29.2 Å². The van der Waals surface area contributed by atoms with E-state index in [0.29, 0.717) is 11.4 Å². The van der Waals surface area contributed by atoms with Gasteiger partial charge in [0.05, 0.1) is 78.5 Å². The highest BCUT2D eigenvalue weighted by atomic mass is 16.4. The van der Waals surface area contributed by atoms with Crippen molar-refractivity contribution in [2.45, 2.75) is 101 Å². The third kappa shape index (κ3) is 18.0. The molecule has 5 amide bonds. The van der Waals surface area contributed by atoms with Gasteiger partial charge in [0.1, 0.15) is 0 Å². The number of carboxylic acid groups (broad SMARTS) is 6. The number of H-pyrrole nitrogens is 1. The minimum absolute atomic E-state index is 0.00429. The van der Waals surface area contributed by atoms with Crippen molar-refractivity contribution < 1.29 is 83.4 Å². The fraction of sp³-hybridized carbons (Fsp3) is 0.410. The van der Waals surface area contributed by atoms with Gasteiger partial charge in [0.15, 0.2) is 11.2 Å². The number of hydrogen-bond donors (Lipinski definition) is 8. The fourth-order valence-electron chi connectivity index (χ4n) is 5.90. The van der Waals surface area contributed by atoms with Gasteiger partial charge in [-0.05, 0) is 62.8 Å². The maximum atomic E-state index is 12.8. The molecule has 2 aromatic heterocycles. The number of benzene rings is 1. The summed E-state index contributed by atoms with van der Waals surface area (Å²) in [6.45, 7) is 0.0957. The SMILES string of the molecule is Nc1nc2ncc(CNc3ccc(C(=O)N[C@@H](CCC(=O)N[C@@H](CCC(=O)N[C@@H](CCC(=O)N[C@@H](CCC(=O)N[C@@H](CCC(=O)[O-])C(=O)[O-])C(=O)[O-])C(=O)[O-])C(=O)[O-])C(=O)[O-])cc3)nc2c(=O)[nH]1. The lowest BCUT2D eigenvalue weighted by molar-refractivity contribution is -0.311. The maximum absolute atomic E-state index is 12.8. The van der Waals surface area contributed by atoms with E-state index in [4.69, 9.17) is 5.73 Å². The number of amides is 5. The summed E-state index contributed by atoms with van der Waals surface area (Å²) in [4.78, 5) is 158. The smallest absolute Gasteiger partial charge is 0.280 e. The van der Waals surface area contributed by atoms with Crippen LogP contribution in [0.5, 0.6) is 0 Å². The molecule has 29 nitrogen and oxygen atoms in total. The van der Waals surface area contributed by atoms with Crippen LogP contribution in [0, 0.1) is 0 Å². The number of fused-ring (bicyclic) bond motifs is 1. The molecule has 0 aliphatic rings. The molecular formula is C39H41N11O18-6. The number of aromatic amines is 1. The molecule has 366 valence electrons. The Morgan fingerprint density at radius 3 is 1.31 bits per heavy atom. The number of carboxylic acids is 6. The second-order valence-corrected chi connectivity index (χ2v) is 14.6. The average Bonchev–Trinajstić information content (AvgIpc) is 3.26. The number of rotatable bonds is 29. The van der Waals surface area contributed by atoms with E-state index in [2.05, 4.69) is 30.6 Å². The summed E-state index contributed by atoms with van der Waals surface area (Å²) in [7, 11) is 0. The molecule has 0 spiro atoms. The van der Waals surface area contributed by atoms with Crippen LogP contribution in [-0.4, -0.2) is 115 Å². The van der Waals surface area contributed by atoms with Crippen molar-refractivity contribution in [2.24, 2.45) is 0 Å². The van der Waals surface area contributed by atoms with Crippen molar-refractivity contribution in [3.63, 3.8) is 0 Å². The van der Waals surface area contributed by atoms with Gasteiger partial charge in [-0.15, -0.1) is 0 Å². The molecule has 0 bridgehead atoms. The van der Waals surface area contributed by atoms with Gasteiger partial charge in [0.2, 0.25) is 29.6 Å². The lowest BCUT2D eigenvalue weighted by Crippen LogP contribution is -2.51. The predicted molar refractivity (Wildman–Crippen MR) is 211 cm³/mol. The van der Waals surface area contributed by atoms with Crippen molar-refractivity contribution in [3.05, 3.63) is 52.1 Å². The van der Waals surface area contributed by atoms with Crippen molar-refractivity contribution in [3.8, 4) is 0 Å². The van der Waals surface area contributed by atoms with Crippen LogP contribution in [0.4, 0.5) is 11.6 Å². The Morgan fingerprint density at radius 1 is 0.544 bits per heavy atom. The molecule has 1 aromatic carbocycles. The molecule has 0 aliphatic carbocycles. The number of carbonyl (C=O) groups excluding carboxylic acids is 11. The summed E-state index contributed by atoms with van der Waals surface area (Å²) in [5.41, 5.74) is 5.76. The standard InChI is InChI=1S/C39H47N11O18/c40-39-49-31-30(33(58)50-39)43-19(16-42-31)15-41-18-3-1-17(2-4-18)32(57)48-24(38(67)68)8-13-28(54)46-22(36(63)64)6-11-26(52)44-20(34(59)60)5-10-25(51)45-21(35(61)62)7-12-27(53)47-23(37(65)66)9-14-29(55)56/h1-4,16,20-24,41H,5-15H2,(H,44,52)(H,45,51)(H,46,54)(H,47,53)(H,48,57)(H,55,56)(H,59,60)(H,61,62)(H,63,64)(H,65,66)(H,67,68)(H3,40,42,49,50,58)/p-6/t20-,21-,22-,23-,24-/m0/s1. The predicted octanol–water partition coefficient (Wildman–Crippen LogP) is -10.7. The average molecular weight is 952 g/mol. The number of aliphatic carboxylic acids is 6. The topological polar surface area (TPSA) is 496 Å². The number of aromatic nitrogens is 4. The summed E-state index contributed by atoms with van der Waals surface area (Å²) in [6, 6.07) is -3.49. The van der Waals surface area contributed by atoms with Crippen LogP contribution in [0.1, 0.15) is 80.3 Å². The minimum atomic E-state index is -1.91. The number of nitrogens with two attached hydrogens (primary N) is 1. The quantitative estimate of drug-likeness (QED) is 0.0320. The summed E-state index contributed by atoms with van der Waals surface area (Å²) in [5, 5.41) is 81.5. The Balaban J connectivity index is 1.44.